The van der Waals surface area contributed by atoms with E-state index < -0.39 is 5.92 Å². The Labute approximate surface area is 142 Å². The number of ether oxygens (including phenoxy) is 1. The minimum atomic E-state index is -2.54. The molecule has 126 valence electrons. The van der Waals surface area contributed by atoms with Gasteiger partial charge in [0.2, 0.25) is 5.92 Å². The first-order valence-corrected chi connectivity index (χ1v) is 8.95. The summed E-state index contributed by atoms with van der Waals surface area (Å²) in [6.07, 6.45) is 2.25. The Morgan fingerprint density at radius 2 is 2.17 bits per heavy atom. The molecule has 1 heterocycles. The molecule has 1 aliphatic carbocycles. The molecule has 0 spiro atoms. The van der Waals surface area contributed by atoms with Crippen LogP contribution in [0.5, 0.6) is 0 Å². The molecule has 1 aromatic heterocycles. The summed E-state index contributed by atoms with van der Waals surface area (Å²) in [7, 11) is 0. The summed E-state index contributed by atoms with van der Waals surface area (Å²) in [6.45, 7) is 0.275. The Kier molecular flexibility index (Phi) is 4.98. The van der Waals surface area contributed by atoms with Gasteiger partial charge < -0.3 is 14.0 Å². The van der Waals surface area contributed by atoms with Crippen molar-refractivity contribution < 1.29 is 18.0 Å². The van der Waals surface area contributed by atoms with Gasteiger partial charge in [0.05, 0.1) is 18.1 Å². The average Bonchev–Trinajstić information content (AvgIpc) is 2.89. The monoisotopic (exact) mass is 362 g/mol. The Morgan fingerprint density at radius 1 is 1.43 bits per heavy atom. The number of aromatic nitrogens is 1. The molecule has 0 unspecified atom stereocenters. The van der Waals surface area contributed by atoms with Crippen LogP contribution < -0.4 is 4.72 Å². The zero-order valence-corrected chi connectivity index (χ0v) is 14.1. The Balaban J connectivity index is 1.67. The first-order chi connectivity index (χ1) is 11.0. The highest BCUT2D eigenvalue weighted by molar-refractivity contribution is 7.99. The van der Waals surface area contributed by atoms with Gasteiger partial charge in [-0.2, -0.15) is 0 Å². The zero-order chi connectivity index (χ0) is 16.4. The number of hydrogen-bond donors (Lipinski definition) is 1. The van der Waals surface area contributed by atoms with Crippen LogP contribution in [0.25, 0.3) is 11.0 Å². The molecule has 1 aromatic carbocycles. The Hall–Kier alpha value is -1.05. The number of halogens is 3. The van der Waals surface area contributed by atoms with Gasteiger partial charge in [-0.25, -0.2) is 8.78 Å². The first kappa shape index (κ1) is 16.8. The van der Waals surface area contributed by atoms with Gasteiger partial charge in [0.25, 0.3) is 0 Å². The van der Waals surface area contributed by atoms with Crippen molar-refractivity contribution >= 4 is 40.3 Å². The number of nitrogens with one attached hydrogen (secondary N) is 1. The first-order valence-electron chi connectivity index (χ1n) is 7.35. The van der Waals surface area contributed by atoms with Crippen LogP contribution >= 0.6 is 23.5 Å². The molecule has 1 fully saturated rings. The molecule has 0 bridgehead atoms. The van der Waals surface area contributed by atoms with Crippen molar-refractivity contribution in [1.82, 2.24) is 5.16 Å². The molecule has 0 saturated heterocycles. The molecule has 8 heteroatoms. The summed E-state index contributed by atoms with van der Waals surface area (Å²) in [4.78, 5) is 0. The van der Waals surface area contributed by atoms with E-state index in [2.05, 4.69) is 9.88 Å². The molecule has 23 heavy (non-hydrogen) atoms. The number of fused-ring (bicyclic) bond motifs is 1. The molecule has 1 N–H and O–H groups in total. The third-order valence-electron chi connectivity index (χ3n) is 3.98. The predicted molar refractivity (Wildman–Crippen MR) is 88.1 cm³/mol. The molecule has 0 radical (unpaired) electrons. The van der Waals surface area contributed by atoms with Crippen LogP contribution in [0.15, 0.2) is 16.7 Å². The van der Waals surface area contributed by atoms with Crippen molar-refractivity contribution in [2.24, 2.45) is 0 Å². The molecule has 0 atom stereocenters. The minimum Gasteiger partial charge on any atom is -0.373 e. The van der Waals surface area contributed by atoms with Gasteiger partial charge in [-0.1, -0.05) is 28.7 Å². The van der Waals surface area contributed by atoms with Crippen molar-refractivity contribution in [3.63, 3.8) is 0 Å². The van der Waals surface area contributed by atoms with Gasteiger partial charge in [0, 0.05) is 29.7 Å². The topological polar surface area (TPSA) is 47.3 Å². The maximum Gasteiger partial charge on any atom is 0.248 e. The van der Waals surface area contributed by atoms with Crippen LogP contribution in [-0.2, 0) is 11.3 Å². The molecule has 1 aliphatic rings. The van der Waals surface area contributed by atoms with Crippen LogP contribution in [0.1, 0.15) is 31.2 Å². The van der Waals surface area contributed by atoms with Gasteiger partial charge in [-0.05, 0) is 25.0 Å². The van der Waals surface area contributed by atoms with Crippen molar-refractivity contribution in [3.05, 3.63) is 22.7 Å². The van der Waals surface area contributed by atoms with Crippen LogP contribution in [0.4, 0.5) is 14.6 Å². The number of rotatable bonds is 5. The van der Waals surface area contributed by atoms with Gasteiger partial charge in [-0.15, -0.1) is 0 Å². The van der Waals surface area contributed by atoms with E-state index in [0.717, 1.165) is 10.9 Å². The standard InChI is InChI=1S/C15H17ClF2N2O2S/c1-23-20-14-11-7-12(16)9(6-13(11)22-19-14)8-21-10-2-4-15(17,18)5-3-10/h6-7,10H,2-5,8H2,1H3,(H,19,20). The maximum atomic E-state index is 13.1. The predicted octanol–water partition coefficient (Wildman–Crippen LogP) is 5.27. The third-order valence-corrected chi connectivity index (χ3v) is 4.73. The van der Waals surface area contributed by atoms with Crippen molar-refractivity contribution in [1.29, 1.82) is 0 Å². The Morgan fingerprint density at radius 3 is 2.87 bits per heavy atom. The lowest BCUT2D eigenvalue weighted by molar-refractivity contribution is -0.0838. The summed E-state index contributed by atoms with van der Waals surface area (Å²) < 4.78 is 40.3. The molecular formula is C15H17ClF2N2O2S. The number of nitrogens with zero attached hydrogens (tertiary/aromatic N) is 1. The van der Waals surface area contributed by atoms with E-state index in [9.17, 15) is 8.78 Å². The second kappa shape index (κ2) is 6.83. The molecule has 0 amide bonds. The number of alkyl halides is 2. The van der Waals surface area contributed by atoms with Crippen molar-refractivity contribution in [2.75, 3.05) is 11.0 Å². The van der Waals surface area contributed by atoms with Crippen LogP contribution in [-0.4, -0.2) is 23.4 Å². The summed E-state index contributed by atoms with van der Waals surface area (Å²) >= 11 is 7.70. The van der Waals surface area contributed by atoms with E-state index in [0.29, 0.717) is 29.3 Å². The lowest BCUT2D eigenvalue weighted by Gasteiger charge is -2.28. The van der Waals surface area contributed by atoms with Crippen LogP contribution in [0.2, 0.25) is 5.02 Å². The highest BCUT2D eigenvalue weighted by atomic mass is 35.5. The van der Waals surface area contributed by atoms with E-state index >= 15 is 0 Å². The molecule has 1 saturated carbocycles. The quantitative estimate of drug-likeness (QED) is 0.734. The van der Waals surface area contributed by atoms with E-state index in [1.54, 1.807) is 12.1 Å². The fraction of sp³-hybridized carbons (Fsp3) is 0.533. The fourth-order valence-electron chi connectivity index (χ4n) is 2.67. The van der Waals surface area contributed by atoms with Gasteiger partial charge in [-0.3, -0.25) is 0 Å². The lowest BCUT2D eigenvalue weighted by Crippen LogP contribution is -2.29. The van der Waals surface area contributed by atoms with Crippen molar-refractivity contribution in [2.45, 2.75) is 44.3 Å². The number of hydrogen-bond acceptors (Lipinski definition) is 5. The maximum absolute atomic E-state index is 13.1. The Bertz CT molecular complexity index is 685. The van der Waals surface area contributed by atoms with Crippen LogP contribution in [0.3, 0.4) is 0 Å². The molecule has 2 aromatic rings. The van der Waals surface area contributed by atoms with Crippen molar-refractivity contribution in [3.8, 4) is 0 Å². The SMILES string of the molecule is CSNc1noc2cc(COC3CCC(F)(F)CC3)c(Cl)cc12. The molecular weight excluding hydrogens is 346 g/mol. The van der Waals surface area contributed by atoms with Gasteiger partial charge in [0.15, 0.2) is 11.4 Å². The number of anilines is 1. The highest BCUT2D eigenvalue weighted by Gasteiger charge is 2.35. The van der Waals surface area contributed by atoms with E-state index in [4.69, 9.17) is 20.9 Å². The van der Waals surface area contributed by atoms with Crippen LogP contribution in [0, 0.1) is 0 Å². The smallest absolute Gasteiger partial charge is 0.248 e. The van der Waals surface area contributed by atoms with Gasteiger partial charge in [0.1, 0.15) is 0 Å². The molecule has 3 rings (SSSR count). The second-order valence-electron chi connectivity index (χ2n) is 5.64. The average molecular weight is 363 g/mol. The summed E-state index contributed by atoms with van der Waals surface area (Å²) in [5.41, 5.74) is 1.38. The highest BCUT2D eigenvalue weighted by Crippen LogP contribution is 2.35. The summed E-state index contributed by atoms with van der Waals surface area (Å²) in [5.74, 6) is -1.92. The molecule has 4 nitrogen and oxygen atoms in total. The van der Waals surface area contributed by atoms with E-state index in [-0.39, 0.29) is 25.6 Å². The third kappa shape index (κ3) is 3.89. The summed E-state index contributed by atoms with van der Waals surface area (Å²) in [6, 6.07) is 3.56. The van der Waals surface area contributed by atoms with E-state index in [1.165, 1.54) is 11.9 Å². The summed E-state index contributed by atoms with van der Waals surface area (Å²) in [5, 5.41) is 5.29. The molecule has 0 aliphatic heterocycles. The lowest BCUT2D eigenvalue weighted by atomic mass is 9.94. The fourth-order valence-corrected chi connectivity index (χ4v) is 3.23. The van der Waals surface area contributed by atoms with E-state index in [1.807, 2.05) is 6.26 Å². The number of benzene rings is 1. The normalized spacial score (nSPS) is 18.4. The minimum absolute atomic E-state index is 0.115. The second-order valence-corrected chi connectivity index (χ2v) is 6.66. The largest absolute Gasteiger partial charge is 0.373 e. The van der Waals surface area contributed by atoms with Gasteiger partial charge >= 0.3 is 0 Å². The zero-order valence-electron chi connectivity index (χ0n) is 12.6.